The first-order chi connectivity index (χ1) is 9.40. The molecule has 0 aromatic heterocycles. The molecular formula is C13H18FN3O3. The molecule has 7 heteroatoms. The van der Waals surface area contributed by atoms with Crippen molar-refractivity contribution in [3.05, 3.63) is 29.6 Å². The predicted octanol–water partition coefficient (Wildman–Crippen LogP) is 1.38. The van der Waals surface area contributed by atoms with Gasteiger partial charge in [-0.3, -0.25) is 4.79 Å². The molecule has 1 atom stereocenters. The first-order valence-electron chi connectivity index (χ1n) is 6.15. The molecule has 0 bridgehead atoms. The summed E-state index contributed by atoms with van der Waals surface area (Å²) in [5.74, 6) is -1.80. The molecule has 0 saturated heterocycles. The first-order valence-corrected chi connectivity index (χ1v) is 6.15. The molecule has 0 radical (unpaired) electrons. The number of halogens is 1. The van der Waals surface area contributed by atoms with Crippen molar-refractivity contribution in [2.75, 3.05) is 13.1 Å². The maximum Gasteiger partial charge on any atom is 0.257 e. The summed E-state index contributed by atoms with van der Waals surface area (Å²) >= 11 is 0. The fourth-order valence-corrected chi connectivity index (χ4v) is 1.73. The van der Waals surface area contributed by atoms with Crippen LogP contribution in [-0.2, 0) is 0 Å². The van der Waals surface area contributed by atoms with E-state index in [0.717, 1.165) is 12.1 Å². The van der Waals surface area contributed by atoms with E-state index in [4.69, 9.17) is 10.9 Å². The Morgan fingerprint density at radius 2 is 2.20 bits per heavy atom. The molecule has 0 fully saturated rings. The largest absolute Gasteiger partial charge is 0.507 e. The van der Waals surface area contributed by atoms with Crippen LogP contribution in [0.15, 0.2) is 23.4 Å². The predicted molar refractivity (Wildman–Crippen MR) is 72.2 cm³/mol. The molecule has 0 aliphatic carbocycles. The molecule has 20 heavy (non-hydrogen) atoms. The van der Waals surface area contributed by atoms with Gasteiger partial charge < -0.3 is 20.9 Å². The van der Waals surface area contributed by atoms with Crippen molar-refractivity contribution in [3.63, 3.8) is 0 Å². The van der Waals surface area contributed by atoms with Gasteiger partial charge >= 0.3 is 0 Å². The molecule has 0 aliphatic heterocycles. The normalized spacial score (nSPS) is 13.1. The summed E-state index contributed by atoms with van der Waals surface area (Å²) in [5, 5.41) is 21.1. The SMILES string of the molecule is CCN(CC(C)/C(N)=N/O)C(=O)c1ccc(F)cc1O. The molecule has 1 rings (SSSR count). The highest BCUT2D eigenvalue weighted by molar-refractivity contribution is 5.97. The van der Waals surface area contributed by atoms with Gasteiger partial charge in [-0.1, -0.05) is 12.1 Å². The average molecular weight is 283 g/mol. The van der Waals surface area contributed by atoms with Crippen molar-refractivity contribution in [2.24, 2.45) is 16.8 Å². The van der Waals surface area contributed by atoms with Gasteiger partial charge in [-0.05, 0) is 19.1 Å². The summed E-state index contributed by atoms with van der Waals surface area (Å²) in [6.45, 7) is 4.06. The quantitative estimate of drug-likeness (QED) is 0.329. The van der Waals surface area contributed by atoms with Gasteiger partial charge in [-0.2, -0.15) is 0 Å². The van der Waals surface area contributed by atoms with E-state index >= 15 is 0 Å². The Bertz CT molecular complexity index is 520. The highest BCUT2D eigenvalue weighted by atomic mass is 19.1. The number of nitrogens with two attached hydrogens (primary N) is 1. The van der Waals surface area contributed by atoms with Crippen LogP contribution in [0, 0.1) is 11.7 Å². The van der Waals surface area contributed by atoms with Crippen LogP contribution in [0.1, 0.15) is 24.2 Å². The number of hydrogen-bond donors (Lipinski definition) is 3. The van der Waals surface area contributed by atoms with E-state index in [0.29, 0.717) is 6.54 Å². The summed E-state index contributed by atoms with van der Waals surface area (Å²) in [7, 11) is 0. The van der Waals surface area contributed by atoms with Crippen molar-refractivity contribution in [1.29, 1.82) is 0 Å². The van der Waals surface area contributed by atoms with Gasteiger partial charge in [-0.25, -0.2) is 4.39 Å². The van der Waals surface area contributed by atoms with Gasteiger partial charge in [0, 0.05) is 25.1 Å². The zero-order chi connectivity index (χ0) is 15.3. The molecule has 1 aromatic rings. The number of oxime groups is 1. The maximum absolute atomic E-state index is 12.9. The third-order valence-corrected chi connectivity index (χ3v) is 2.97. The summed E-state index contributed by atoms with van der Waals surface area (Å²) in [6.07, 6.45) is 0. The van der Waals surface area contributed by atoms with E-state index in [9.17, 15) is 14.3 Å². The Morgan fingerprint density at radius 1 is 1.55 bits per heavy atom. The van der Waals surface area contributed by atoms with Gasteiger partial charge in [0.1, 0.15) is 17.4 Å². The Balaban J connectivity index is 2.92. The van der Waals surface area contributed by atoms with Gasteiger partial charge in [0.2, 0.25) is 0 Å². The first kappa shape index (κ1) is 15.7. The standard InChI is InChI=1S/C13H18FN3O3/c1-3-17(7-8(2)12(15)16-20)13(19)10-5-4-9(14)6-11(10)18/h4-6,8,18,20H,3,7H2,1-2H3,(H2,15,16). The number of aromatic hydroxyl groups is 1. The number of amidine groups is 1. The van der Waals surface area contributed by atoms with Crippen molar-refractivity contribution >= 4 is 11.7 Å². The van der Waals surface area contributed by atoms with E-state index in [2.05, 4.69) is 5.16 Å². The van der Waals surface area contributed by atoms with Crippen molar-refractivity contribution in [1.82, 2.24) is 4.90 Å². The van der Waals surface area contributed by atoms with Crippen LogP contribution in [0.3, 0.4) is 0 Å². The maximum atomic E-state index is 12.9. The number of nitrogens with zero attached hydrogens (tertiary/aromatic N) is 2. The van der Waals surface area contributed by atoms with Gasteiger partial charge in [0.05, 0.1) is 5.56 Å². The van der Waals surface area contributed by atoms with Crippen LogP contribution >= 0.6 is 0 Å². The lowest BCUT2D eigenvalue weighted by atomic mass is 10.1. The molecule has 0 aliphatic rings. The van der Waals surface area contributed by atoms with E-state index in [1.165, 1.54) is 11.0 Å². The molecule has 0 saturated carbocycles. The number of rotatable bonds is 5. The van der Waals surface area contributed by atoms with E-state index in [1.807, 2.05) is 0 Å². The Kier molecular flexibility index (Phi) is 5.31. The van der Waals surface area contributed by atoms with E-state index in [-0.39, 0.29) is 23.9 Å². The smallest absolute Gasteiger partial charge is 0.257 e. The topological polar surface area (TPSA) is 99.1 Å². The molecule has 0 spiro atoms. The van der Waals surface area contributed by atoms with Crippen molar-refractivity contribution < 1.29 is 19.5 Å². The minimum Gasteiger partial charge on any atom is -0.507 e. The molecule has 1 unspecified atom stereocenters. The summed E-state index contributed by atoms with van der Waals surface area (Å²) < 4.78 is 12.9. The molecular weight excluding hydrogens is 265 g/mol. The summed E-state index contributed by atoms with van der Waals surface area (Å²) in [6, 6.07) is 3.21. The van der Waals surface area contributed by atoms with Crippen molar-refractivity contribution in [3.8, 4) is 5.75 Å². The highest BCUT2D eigenvalue weighted by Crippen LogP contribution is 2.20. The number of carbonyl (C=O) groups is 1. The van der Waals surface area contributed by atoms with Crippen LogP contribution in [0.5, 0.6) is 5.75 Å². The second-order valence-corrected chi connectivity index (χ2v) is 4.43. The number of hydrogen-bond acceptors (Lipinski definition) is 4. The van der Waals surface area contributed by atoms with Crippen LogP contribution < -0.4 is 5.73 Å². The number of phenols is 1. The zero-order valence-corrected chi connectivity index (χ0v) is 11.4. The molecule has 0 heterocycles. The number of carbonyl (C=O) groups excluding carboxylic acids is 1. The minimum atomic E-state index is -0.618. The molecule has 1 aromatic carbocycles. The van der Waals surface area contributed by atoms with E-state index < -0.39 is 17.5 Å². The molecule has 6 nitrogen and oxygen atoms in total. The fraction of sp³-hybridized carbons (Fsp3) is 0.385. The van der Waals surface area contributed by atoms with Crippen LogP contribution in [0.2, 0.25) is 0 Å². The molecule has 1 amide bonds. The number of benzene rings is 1. The van der Waals surface area contributed by atoms with Crippen molar-refractivity contribution in [2.45, 2.75) is 13.8 Å². The van der Waals surface area contributed by atoms with Crippen LogP contribution in [0.4, 0.5) is 4.39 Å². The summed E-state index contributed by atoms with van der Waals surface area (Å²) in [4.78, 5) is 13.7. The molecule has 4 N–H and O–H groups in total. The van der Waals surface area contributed by atoms with Crippen LogP contribution in [-0.4, -0.2) is 40.0 Å². The third-order valence-electron chi connectivity index (χ3n) is 2.97. The van der Waals surface area contributed by atoms with Gasteiger partial charge in [0.15, 0.2) is 0 Å². The minimum absolute atomic E-state index is 0.0135. The van der Waals surface area contributed by atoms with Gasteiger partial charge in [-0.15, -0.1) is 0 Å². The third kappa shape index (κ3) is 3.59. The number of amides is 1. The van der Waals surface area contributed by atoms with Crippen LogP contribution in [0.25, 0.3) is 0 Å². The van der Waals surface area contributed by atoms with E-state index in [1.54, 1.807) is 13.8 Å². The highest BCUT2D eigenvalue weighted by Gasteiger charge is 2.21. The van der Waals surface area contributed by atoms with Gasteiger partial charge in [0.25, 0.3) is 5.91 Å². The second-order valence-electron chi connectivity index (χ2n) is 4.43. The fourth-order valence-electron chi connectivity index (χ4n) is 1.73. The second kappa shape index (κ2) is 6.74. The lowest BCUT2D eigenvalue weighted by molar-refractivity contribution is 0.0750. The zero-order valence-electron chi connectivity index (χ0n) is 11.4. The Hall–Kier alpha value is -2.31. The lowest BCUT2D eigenvalue weighted by Gasteiger charge is -2.24. The average Bonchev–Trinajstić information content (AvgIpc) is 2.42. The molecule has 110 valence electrons. The Morgan fingerprint density at radius 3 is 2.70 bits per heavy atom. The monoisotopic (exact) mass is 283 g/mol. The summed E-state index contributed by atoms with van der Waals surface area (Å²) in [5.41, 5.74) is 5.48. The lowest BCUT2D eigenvalue weighted by Crippen LogP contribution is -2.38. The Labute approximate surface area is 116 Å². The number of phenolic OH excluding ortho intramolecular Hbond substituents is 1.